The summed E-state index contributed by atoms with van der Waals surface area (Å²) in [4.78, 5) is 27.5. The van der Waals surface area contributed by atoms with Gasteiger partial charge in [-0.25, -0.2) is 4.39 Å². The Balaban J connectivity index is 1.40. The summed E-state index contributed by atoms with van der Waals surface area (Å²) in [6.45, 7) is 2.74. The van der Waals surface area contributed by atoms with Crippen LogP contribution in [0.15, 0.2) is 60.7 Å². The Kier molecular flexibility index (Phi) is 5.79. The lowest BCUT2D eigenvalue weighted by molar-refractivity contribution is -0.139. The second-order valence-corrected chi connectivity index (χ2v) is 8.15. The van der Waals surface area contributed by atoms with Gasteiger partial charge in [-0.3, -0.25) is 9.59 Å². The molecular weight excluding hydrogens is 439 g/mol. The molecule has 1 atom stereocenters. The third-order valence-electron chi connectivity index (χ3n) is 5.84. The summed E-state index contributed by atoms with van der Waals surface area (Å²) >= 11 is 0. The lowest BCUT2D eigenvalue weighted by Gasteiger charge is -2.23. The Bertz CT molecular complexity index is 1260. The van der Waals surface area contributed by atoms with Crippen LogP contribution < -0.4 is 19.5 Å². The van der Waals surface area contributed by atoms with Crippen molar-refractivity contribution < 1.29 is 28.2 Å². The topological polar surface area (TPSA) is 77.1 Å². The van der Waals surface area contributed by atoms with Crippen molar-refractivity contribution in [3.8, 4) is 17.2 Å². The number of anilines is 1. The van der Waals surface area contributed by atoms with E-state index in [0.29, 0.717) is 42.4 Å². The predicted octanol–water partition coefficient (Wildman–Crippen LogP) is 4.51. The Morgan fingerprint density at radius 1 is 1.06 bits per heavy atom. The molecule has 8 heteroatoms. The highest BCUT2D eigenvalue weighted by atomic mass is 19.1. The minimum absolute atomic E-state index is 0.0423. The molecule has 0 spiro atoms. The van der Waals surface area contributed by atoms with Gasteiger partial charge in [-0.15, -0.1) is 0 Å². The zero-order valence-electron chi connectivity index (χ0n) is 18.5. The summed E-state index contributed by atoms with van der Waals surface area (Å²) in [5, 5.41) is 2.73. The minimum atomic E-state index is -0.617. The number of carbonyl (C=O) groups excluding carboxylic acids is 2. The van der Waals surface area contributed by atoms with Crippen molar-refractivity contribution in [3.05, 3.63) is 83.2 Å². The van der Waals surface area contributed by atoms with Crippen molar-refractivity contribution in [2.75, 3.05) is 12.1 Å². The average Bonchev–Trinajstić information content (AvgIpc) is 3.26. The summed E-state index contributed by atoms with van der Waals surface area (Å²) < 4.78 is 30.8. The maximum absolute atomic E-state index is 14.0. The first-order valence-corrected chi connectivity index (χ1v) is 11.0. The van der Waals surface area contributed by atoms with Gasteiger partial charge in [0.1, 0.15) is 11.6 Å². The third-order valence-corrected chi connectivity index (χ3v) is 5.84. The molecule has 0 fully saturated rings. The van der Waals surface area contributed by atoms with Crippen LogP contribution in [0.5, 0.6) is 17.2 Å². The number of amides is 2. The van der Waals surface area contributed by atoms with Crippen LogP contribution in [0.25, 0.3) is 0 Å². The molecule has 3 aromatic carbocycles. The summed E-state index contributed by atoms with van der Waals surface area (Å²) in [6, 6.07) is 16.6. The van der Waals surface area contributed by atoms with E-state index in [4.69, 9.17) is 14.2 Å². The molecule has 0 aliphatic carbocycles. The molecule has 5 rings (SSSR count). The van der Waals surface area contributed by atoms with Crippen LogP contribution in [-0.2, 0) is 17.9 Å². The van der Waals surface area contributed by atoms with Gasteiger partial charge < -0.3 is 24.4 Å². The van der Waals surface area contributed by atoms with Crippen molar-refractivity contribution in [1.82, 2.24) is 4.90 Å². The highest BCUT2D eigenvalue weighted by Gasteiger charge is 2.30. The predicted molar refractivity (Wildman–Crippen MR) is 122 cm³/mol. The van der Waals surface area contributed by atoms with E-state index in [2.05, 4.69) is 5.32 Å². The Morgan fingerprint density at radius 2 is 1.85 bits per heavy atom. The normalized spacial score (nSPS) is 16.5. The minimum Gasteiger partial charge on any atom is -0.480 e. The van der Waals surface area contributed by atoms with Crippen molar-refractivity contribution in [2.24, 2.45) is 0 Å². The van der Waals surface area contributed by atoms with Gasteiger partial charge in [0.25, 0.3) is 11.8 Å². The van der Waals surface area contributed by atoms with Crippen LogP contribution >= 0.6 is 0 Å². The molecule has 0 saturated carbocycles. The second kappa shape index (κ2) is 9.05. The van der Waals surface area contributed by atoms with E-state index in [1.165, 1.54) is 18.2 Å². The molecule has 2 aliphatic rings. The van der Waals surface area contributed by atoms with E-state index in [-0.39, 0.29) is 18.3 Å². The molecule has 2 aliphatic heterocycles. The van der Waals surface area contributed by atoms with Crippen molar-refractivity contribution in [2.45, 2.75) is 32.5 Å². The Labute approximate surface area is 196 Å². The van der Waals surface area contributed by atoms with Gasteiger partial charge in [-0.1, -0.05) is 25.1 Å². The zero-order chi connectivity index (χ0) is 23.7. The number of hydrogen-bond acceptors (Lipinski definition) is 5. The number of fused-ring (bicyclic) bond motifs is 2. The number of benzene rings is 3. The first kappa shape index (κ1) is 21.8. The highest BCUT2D eigenvalue weighted by molar-refractivity contribution is 6.04. The molecule has 0 aromatic heterocycles. The second-order valence-electron chi connectivity index (χ2n) is 8.15. The van der Waals surface area contributed by atoms with E-state index in [1.807, 2.05) is 25.1 Å². The van der Waals surface area contributed by atoms with Crippen molar-refractivity contribution in [1.29, 1.82) is 0 Å². The van der Waals surface area contributed by atoms with E-state index in [1.54, 1.807) is 29.2 Å². The zero-order valence-corrected chi connectivity index (χ0v) is 18.5. The lowest BCUT2D eigenvalue weighted by atomic mass is 10.1. The van der Waals surface area contributed by atoms with Crippen LogP contribution in [0.4, 0.5) is 10.1 Å². The van der Waals surface area contributed by atoms with Gasteiger partial charge >= 0.3 is 0 Å². The standard InChI is InChI=1S/C26H23FN2O5/c1-2-21-26(31)29(13-16-7-9-23-24(11-16)33-15-32-23)14-17-12-18(8-10-22(17)34-21)28-25(30)19-5-3-4-6-20(19)27/h3-12,21H,2,13-15H2,1H3,(H,28,30)/t21-/m1/s1. The number of nitrogens with one attached hydrogen (secondary N) is 1. The number of nitrogens with zero attached hydrogens (tertiary/aromatic N) is 1. The molecule has 0 unspecified atom stereocenters. The van der Waals surface area contributed by atoms with Gasteiger partial charge in [0.2, 0.25) is 6.79 Å². The maximum atomic E-state index is 14.0. The molecule has 0 saturated heterocycles. The molecule has 34 heavy (non-hydrogen) atoms. The van der Waals surface area contributed by atoms with Crippen LogP contribution in [0.2, 0.25) is 0 Å². The summed E-state index contributed by atoms with van der Waals surface area (Å²) in [6.07, 6.45) is -0.101. The van der Waals surface area contributed by atoms with Gasteiger partial charge in [0.05, 0.1) is 5.56 Å². The molecule has 3 aromatic rings. The smallest absolute Gasteiger partial charge is 0.264 e. The summed E-state index contributed by atoms with van der Waals surface area (Å²) in [5.74, 6) is 0.658. The lowest BCUT2D eigenvalue weighted by Crippen LogP contribution is -2.38. The highest BCUT2D eigenvalue weighted by Crippen LogP contribution is 2.34. The Hall–Kier alpha value is -4.07. The van der Waals surface area contributed by atoms with Crippen LogP contribution in [-0.4, -0.2) is 29.6 Å². The van der Waals surface area contributed by atoms with Crippen molar-refractivity contribution in [3.63, 3.8) is 0 Å². The van der Waals surface area contributed by atoms with Gasteiger partial charge in [0.15, 0.2) is 17.6 Å². The molecule has 1 N–H and O–H groups in total. The average molecular weight is 462 g/mol. The molecular formula is C26H23FN2O5. The molecule has 7 nitrogen and oxygen atoms in total. The SMILES string of the molecule is CC[C@H]1Oc2ccc(NC(=O)c3ccccc3F)cc2CN(Cc2ccc3c(c2)OCO3)C1=O. The monoisotopic (exact) mass is 462 g/mol. The largest absolute Gasteiger partial charge is 0.480 e. The first-order chi connectivity index (χ1) is 16.5. The summed E-state index contributed by atoms with van der Waals surface area (Å²) in [7, 11) is 0. The summed E-state index contributed by atoms with van der Waals surface area (Å²) in [5.41, 5.74) is 2.09. The van der Waals surface area contributed by atoms with Crippen LogP contribution in [0.3, 0.4) is 0 Å². The fraction of sp³-hybridized carbons (Fsp3) is 0.231. The van der Waals surface area contributed by atoms with E-state index in [0.717, 1.165) is 11.1 Å². The van der Waals surface area contributed by atoms with Gasteiger partial charge in [0, 0.05) is 24.3 Å². The van der Waals surface area contributed by atoms with E-state index in [9.17, 15) is 14.0 Å². The maximum Gasteiger partial charge on any atom is 0.264 e. The quantitative estimate of drug-likeness (QED) is 0.604. The number of carbonyl (C=O) groups is 2. The molecule has 174 valence electrons. The van der Waals surface area contributed by atoms with Gasteiger partial charge in [-0.2, -0.15) is 0 Å². The van der Waals surface area contributed by atoms with Crippen LogP contribution in [0.1, 0.15) is 34.8 Å². The van der Waals surface area contributed by atoms with Crippen LogP contribution in [0, 0.1) is 5.82 Å². The van der Waals surface area contributed by atoms with E-state index >= 15 is 0 Å². The van der Waals surface area contributed by atoms with Crippen molar-refractivity contribution >= 4 is 17.5 Å². The molecule has 2 heterocycles. The number of hydrogen-bond donors (Lipinski definition) is 1. The molecule has 0 radical (unpaired) electrons. The van der Waals surface area contributed by atoms with Gasteiger partial charge in [-0.05, 0) is 54.4 Å². The number of rotatable bonds is 5. The molecule has 0 bridgehead atoms. The number of halogens is 1. The first-order valence-electron chi connectivity index (χ1n) is 11.0. The molecule has 2 amide bonds. The van der Waals surface area contributed by atoms with E-state index < -0.39 is 17.8 Å². The Morgan fingerprint density at radius 3 is 2.68 bits per heavy atom. The number of ether oxygens (including phenoxy) is 3. The third kappa shape index (κ3) is 4.26. The fourth-order valence-corrected chi connectivity index (χ4v) is 4.08. The fourth-order valence-electron chi connectivity index (χ4n) is 4.08.